The zero-order chi connectivity index (χ0) is 22.0. The van der Waals surface area contributed by atoms with Gasteiger partial charge in [-0.15, -0.1) is 11.3 Å². The molecule has 2 aromatic rings. The van der Waals surface area contributed by atoms with Gasteiger partial charge in [0.1, 0.15) is 18.8 Å². The Balaban J connectivity index is 1.70. The molecule has 7 nitrogen and oxygen atoms in total. The van der Waals surface area contributed by atoms with Crippen LogP contribution >= 0.6 is 22.9 Å². The third kappa shape index (κ3) is 4.34. The first-order valence-electron chi connectivity index (χ1n) is 10.1. The zero-order valence-electron chi connectivity index (χ0n) is 17.1. The first-order valence-corrected chi connectivity index (χ1v) is 11.3. The van der Waals surface area contributed by atoms with Crippen molar-refractivity contribution in [3.05, 3.63) is 56.7 Å². The minimum Gasteiger partial charge on any atom is -0.872 e. The normalized spacial score (nSPS) is 21.6. The van der Waals surface area contributed by atoms with Crippen molar-refractivity contribution in [1.29, 1.82) is 0 Å². The summed E-state index contributed by atoms with van der Waals surface area (Å²) in [5.74, 6) is -1.43. The van der Waals surface area contributed by atoms with Gasteiger partial charge in [-0.2, -0.15) is 0 Å². The molecule has 164 valence electrons. The Morgan fingerprint density at radius 2 is 2.10 bits per heavy atom. The van der Waals surface area contributed by atoms with Gasteiger partial charge in [0.25, 0.3) is 5.91 Å². The standard InChI is InChI=1S/C22H23ClN2O5S/c1-29-16-5-4-14(13-15(16)23)20(26)18-19(17-3-2-12-31-17)25(22(28)21(18)27)7-6-24-8-10-30-11-9-24/h2-5,12-13,19,26H,6-11H2,1H3. The summed E-state index contributed by atoms with van der Waals surface area (Å²) in [5, 5.41) is 15.5. The minimum absolute atomic E-state index is 0.0225. The van der Waals surface area contributed by atoms with E-state index in [0.717, 1.165) is 18.0 Å². The van der Waals surface area contributed by atoms with E-state index in [2.05, 4.69) is 0 Å². The van der Waals surface area contributed by atoms with Crippen LogP contribution in [-0.2, 0) is 14.3 Å². The van der Waals surface area contributed by atoms with E-state index in [1.165, 1.54) is 34.3 Å². The van der Waals surface area contributed by atoms with Gasteiger partial charge in [-0.05, 0) is 29.1 Å². The van der Waals surface area contributed by atoms with Crippen molar-refractivity contribution >= 4 is 40.4 Å². The minimum atomic E-state index is -0.743. The predicted molar refractivity (Wildman–Crippen MR) is 115 cm³/mol. The number of likely N-dealkylation sites (tertiary alicyclic amines) is 1. The van der Waals surface area contributed by atoms with E-state index in [9.17, 15) is 14.7 Å². The number of amides is 1. The molecule has 3 heterocycles. The molecule has 0 bridgehead atoms. The van der Waals surface area contributed by atoms with Crippen molar-refractivity contribution in [3.63, 3.8) is 0 Å². The summed E-state index contributed by atoms with van der Waals surface area (Å²) in [6.45, 7) is 4.18. The number of hydrogen-bond donors (Lipinski definition) is 1. The molecule has 2 aliphatic rings. The maximum atomic E-state index is 13.4. The summed E-state index contributed by atoms with van der Waals surface area (Å²) < 4.78 is 10.5. The Hall–Kier alpha value is -2.39. The van der Waals surface area contributed by atoms with Crippen molar-refractivity contribution in [2.75, 3.05) is 46.5 Å². The van der Waals surface area contributed by atoms with Crippen LogP contribution in [0.15, 0.2) is 41.3 Å². The molecule has 1 unspecified atom stereocenters. The molecule has 2 fully saturated rings. The Morgan fingerprint density at radius 3 is 2.74 bits per heavy atom. The molecule has 1 N–H and O–H groups in total. The fourth-order valence-corrected chi connectivity index (χ4v) is 5.10. The number of Topliss-reactive ketones (excluding diaryl/α,β-unsaturated/α-hetero) is 1. The number of nitrogens with one attached hydrogen (secondary N) is 1. The Morgan fingerprint density at radius 1 is 1.32 bits per heavy atom. The Labute approximate surface area is 189 Å². The van der Waals surface area contributed by atoms with Gasteiger partial charge in [0, 0.05) is 10.5 Å². The van der Waals surface area contributed by atoms with Crippen LogP contribution in [-0.4, -0.2) is 63.1 Å². The predicted octanol–water partition coefficient (Wildman–Crippen LogP) is 0.549. The summed E-state index contributed by atoms with van der Waals surface area (Å²) >= 11 is 7.61. The van der Waals surface area contributed by atoms with Gasteiger partial charge in [0.05, 0.1) is 44.5 Å². The molecular weight excluding hydrogens is 440 g/mol. The first kappa shape index (κ1) is 21.8. The monoisotopic (exact) mass is 462 g/mol. The maximum Gasteiger partial charge on any atom is 0.295 e. The number of nitrogens with zero attached hydrogens (tertiary/aromatic N) is 1. The number of morpholine rings is 1. The maximum absolute atomic E-state index is 13.4. The second-order valence-electron chi connectivity index (χ2n) is 7.45. The fourth-order valence-electron chi connectivity index (χ4n) is 4.00. The molecule has 31 heavy (non-hydrogen) atoms. The van der Waals surface area contributed by atoms with E-state index < -0.39 is 23.5 Å². The highest BCUT2D eigenvalue weighted by molar-refractivity contribution is 7.10. The number of methoxy groups -OCH3 is 1. The van der Waals surface area contributed by atoms with Gasteiger partial charge in [-0.1, -0.05) is 29.5 Å². The number of benzene rings is 1. The lowest BCUT2D eigenvalue weighted by atomic mass is 10.00. The topological polar surface area (TPSA) is 83.3 Å². The van der Waals surface area contributed by atoms with Crippen LogP contribution < -0.4 is 14.7 Å². The van der Waals surface area contributed by atoms with Crippen molar-refractivity contribution in [2.24, 2.45) is 0 Å². The largest absolute Gasteiger partial charge is 0.872 e. The number of quaternary nitrogens is 1. The molecule has 0 radical (unpaired) electrons. The van der Waals surface area contributed by atoms with E-state index in [4.69, 9.17) is 21.1 Å². The third-order valence-corrected chi connectivity index (χ3v) is 6.88. The summed E-state index contributed by atoms with van der Waals surface area (Å²) in [5.41, 5.74) is 0.231. The third-order valence-electron chi connectivity index (χ3n) is 5.66. The van der Waals surface area contributed by atoms with Gasteiger partial charge in [0.15, 0.2) is 0 Å². The molecule has 9 heteroatoms. The van der Waals surface area contributed by atoms with E-state index in [1.54, 1.807) is 12.1 Å². The number of halogens is 1. The second-order valence-corrected chi connectivity index (χ2v) is 8.84. The summed E-state index contributed by atoms with van der Waals surface area (Å²) in [7, 11) is 1.48. The van der Waals surface area contributed by atoms with Crippen LogP contribution in [0, 0.1) is 0 Å². The Bertz CT molecular complexity index is 1000. The second kappa shape index (κ2) is 9.40. The number of carbonyl (C=O) groups excluding carboxylic acids is 2. The summed E-state index contributed by atoms with van der Waals surface area (Å²) in [6, 6.07) is 7.63. The molecule has 0 saturated carbocycles. The van der Waals surface area contributed by atoms with Gasteiger partial charge >= 0.3 is 0 Å². The number of carbonyl (C=O) groups is 2. The summed E-state index contributed by atoms with van der Waals surface area (Å²) in [6.07, 6.45) is 0. The zero-order valence-corrected chi connectivity index (χ0v) is 18.6. The van der Waals surface area contributed by atoms with Crippen molar-refractivity contribution in [1.82, 2.24) is 4.90 Å². The Kier molecular flexibility index (Phi) is 6.62. The van der Waals surface area contributed by atoms with E-state index in [-0.39, 0.29) is 16.2 Å². The SMILES string of the molecule is COc1ccc(C([O-])=C2C(=O)C(=O)N(CC[NH+]3CCOCC3)C2c2cccs2)cc1Cl. The number of ether oxygens (including phenoxy) is 2. The van der Waals surface area contributed by atoms with E-state index in [1.807, 2.05) is 17.5 Å². The lowest BCUT2D eigenvalue weighted by Crippen LogP contribution is -3.14. The average molecular weight is 463 g/mol. The highest BCUT2D eigenvalue weighted by atomic mass is 35.5. The van der Waals surface area contributed by atoms with Crippen LogP contribution in [0.4, 0.5) is 0 Å². The first-order chi connectivity index (χ1) is 15.0. The number of thiophene rings is 1. The van der Waals surface area contributed by atoms with Crippen LogP contribution in [0.5, 0.6) is 5.75 Å². The van der Waals surface area contributed by atoms with Crippen LogP contribution in [0.2, 0.25) is 5.02 Å². The van der Waals surface area contributed by atoms with Crippen molar-refractivity contribution in [2.45, 2.75) is 6.04 Å². The number of rotatable bonds is 6. The summed E-state index contributed by atoms with van der Waals surface area (Å²) in [4.78, 5) is 29.5. The molecule has 0 spiro atoms. The number of ketones is 1. The molecule has 2 aliphatic heterocycles. The smallest absolute Gasteiger partial charge is 0.295 e. The highest BCUT2D eigenvalue weighted by Crippen LogP contribution is 2.40. The van der Waals surface area contributed by atoms with Crippen LogP contribution in [0.25, 0.3) is 5.76 Å². The molecule has 0 aliphatic carbocycles. The van der Waals surface area contributed by atoms with Gasteiger partial charge in [0.2, 0.25) is 5.78 Å². The molecule has 4 rings (SSSR count). The van der Waals surface area contributed by atoms with Gasteiger partial charge < -0.3 is 24.4 Å². The molecule has 2 saturated heterocycles. The van der Waals surface area contributed by atoms with Crippen LogP contribution in [0.3, 0.4) is 0 Å². The molecular formula is C22H23ClN2O5S. The fraction of sp³-hybridized carbons (Fsp3) is 0.364. The van der Waals surface area contributed by atoms with E-state index >= 15 is 0 Å². The molecule has 1 aromatic heterocycles. The quantitative estimate of drug-likeness (QED) is 0.385. The molecule has 1 atom stereocenters. The van der Waals surface area contributed by atoms with Crippen LogP contribution in [0.1, 0.15) is 16.5 Å². The molecule has 1 aromatic carbocycles. The van der Waals surface area contributed by atoms with Crippen molar-refractivity contribution in [3.8, 4) is 5.75 Å². The molecule has 1 amide bonds. The van der Waals surface area contributed by atoms with E-state index in [0.29, 0.717) is 32.1 Å². The van der Waals surface area contributed by atoms with Gasteiger partial charge in [-0.25, -0.2) is 0 Å². The highest BCUT2D eigenvalue weighted by Gasteiger charge is 2.45. The lowest BCUT2D eigenvalue weighted by Gasteiger charge is -2.29. The average Bonchev–Trinajstić information content (AvgIpc) is 3.40. The van der Waals surface area contributed by atoms with Gasteiger partial charge in [-0.3, -0.25) is 9.59 Å². The van der Waals surface area contributed by atoms with Crippen molar-refractivity contribution < 1.29 is 29.1 Å². The lowest BCUT2D eigenvalue weighted by molar-refractivity contribution is -0.907. The number of hydrogen-bond acceptors (Lipinski definition) is 6.